The molecule has 0 spiro atoms. The Morgan fingerprint density at radius 1 is 1.35 bits per heavy atom. The molecule has 5 nitrogen and oxygen atoms in total. The van der Waals surface area contributed by atoms with E-state index in [1.54, 1.807) is 4.90 Å². The molecule has 6 heteroatoms. The van der Waals surface area contributed by atoms with E-state index in [1.807, 2.05) is 6.92 Å². The summed E-state index contributed by atoms with van der Waals surface area (Å²) in [4.78, 5) is 12.8. The molecule has 0 aromatic heterocycles. The van der Waals surface area contributed by atoms with Crippen molar-refractivity contribution in [1.29, 1.82) is 0 Å². The summed E-state index contributed by atoms with van der Waals surface area (Å²) in [5, 5.41) is 9.05. The Bertz CT molecular complexity index is 352. The van der Waals surface area contributed by atoms with Crippen molar-refractivity contribution in [3.05, 3.63) is 0 Å². The molecule has 0 amide bonds. The van der Waals surface area contributed by atoms with Crippen LogP contribution < -0.4 is 0 Å². The highest BCUT2D eigenvalue weighted by molar-refractivity contribution is 7.91. The van der Waals surface area contributed by atoms with Gasteiger partial charge in [-0.1, -0.05) is 13.3 Å². The molecule has 1 N–H and O–H groups in total. The summed E-state index contributed by atoms with van der Waals surface area (Å²) in [6.45, 7) is 2.87. The molecule has 1 aliphatic heterocycles. The lowest BCUT2D eigenvalue weighted by Gasteiger charge is -2.32. The van der Waals surface area contributed by atoms with Crippen LogP contribution >= 0.6 is 0 Å². The van der Waals surface area contributed by atoms with Gasteiger partial charge in [0.15, 0.2) is 9.84 Å². The topological polar surface area (TPSA) is 74.7 Å². The van der Waals surface area contributed by atoms with Crippen molar-refractivity contribution in [2.45, 2.75) is 38.6 Å². The normalized spacial score (nSPS) is 22.5. The molecule has 0 aliphatic carbocycles. The molecular weight excluding hydrogens is 242 g/mol. The van der Waals surface area contributed by atoms with Crippen molar-refractivity contribution >= 4 is 15.8 Å². The van der Waals surface area contributed by atoms with Crippen LogP contribution in [0.25, 0.3) is 0 Å². The molecule has 100 valence electrons. The number of hydrogen-bond acceptors (Lipinski definition) is 4. The van der Waals surface area contributed by atoms with E-state index in [1.165, 1.54) is 0 Å². The number of carboxylic acids is 1. The minimum atomic E-state index is -3.01. The fourth-order valence-electron chi connectivity index (χ4n) is 2.21. The molecule has 1 atom stereocenters. The summed E-state index contributed by atoms with van der Waals surface area (Å²) in [5.41, 5.74) is 0. The van der Waals surface area contributed by atoms with Crippen LogP contribution in [0.3, 0.4) is 0 Å². The van der Waals surface area contributed by atoms with Gasteiger partial charge >= 0.3 is 5.97 Å². The molecule has 1 rings (SSSR count). The lowest BCUT2D eigenvalue weighted by atomic mass is 10.0. The van der Waals surface area contributed by atoms with Crippen molar-refractivity contribution in [1.82, 2.24) is 4.90 Å². The highest BCUT2D eigenvalue weighted by Crippen LogP contribution is 2.17. The SMILES string of the molecule is CCCS(=O)(=O)CCN1CCCCC1C(=O)O. The third kappa shape index (κ3) is 4.63. The summed E-state index contributed by atoms with van der Waals surface area (Å²) < 4.78 is 23.2. The standard InChI is InChI=1S/C11H21NO4S/c1-2-8-17(15,16)9-7-12-6-4-3-5-10(12)11(13)14/h10H,2-9H2,1H3,(H,13,14). The van der Waals surface area contributed by atoms with E-state index in [9.17, 15) is 13.2 Å². The predicted octanol–water partition coefficient (Wildman–Crippen LogP) is 0.750. The zero-order valence-corrected chi connectivity index (χ0v) is 11.1. The van der Waals surface area contributed by atoms with Crippen LogP contribution in [0.15, 0.2) is 0 Å². The largest absolute Gasteiger partial charge is 0.480 e. The second-order valence-electron chi connectivity index (χ2n) is 4.54. The van der Waals surface area contributed by atoms with Crippen LogP contribution in [0.2, 0.25) is 0 Å². The van der Waals surface area contributed by atoms with Gasteiger partial charge in [-0.3, -0.25) is 9.69 Å². The number of sulfone groups is 1. The first-order chi connectivity index (χ1) is 7.96. The van der Waals surface area contributed by atoms with Gasteiger partial charge in [0.25, 0.3) is 0 Å². The highest BCUT2D eigenvalue weighted by atomic mass is 32.2. The maximum atomic E-state index is 11.6. The van der Waals surface area contributed by atoms with Crippen molar-refractivity contribution in [3.63, 3.8) is 0 Å². The zero-order chi connectivity index (χ0) is 12.9. The molecule has 1 aliphatic rings. The van der Waals surface area contributed by atoms with Crippen LogP contribution in [0.4, 0.5) is 0 Å². The molecule has 17 heavy (non-hydrogen) atoms. The van der Waals surface area contributed by atoms with Gasteiger partial charge in [0.2, 0.25) is 0 Å². The maximum absolute atomic E-state index is 11.6. The molecule has 1 heterocycles. The Morgan fingerprint density at radius 2 is 2.06 bits per heavy atom. The lowest BCUT2D eigenvalue weighted by molar-refractivity contribution is -0.144. The summed E-state index contributed by atoms with van der Waals surface area (Å²) >= 11 is 0. The van der Waals surface area contributed by atoms with Crippen LogP contribution in [0.1, 0.15) is 32.6 Å². The van der Waals surface area contributed by atoms with Crippen molar-refractivity contribution < 1.29 is 18.3 Å². The van der Waals surface area contributed by atoms with Gasteiger partial charge in [0.05, 0.1) is 5.75 Å². The minimum absolute atomic E-state index is 0.0740. The van der Waals surface area contributed by atoms with E-state index in [0.29, 0.717) is 25.9 Å². The first-order valence-electron chi connectivity index (χ1n) is 6.13. The number of hydrogen-bond donors (Lipinski definition) is 1. The first kappa shape index (κ1) is 14.4. The minimum Gasteiger partial charge on any atom is -0.480 e. The van der Waals surface area contributed by atoms with E-state index >= 15 is 0 Å². The fourth-order valence-corrected chi connectivity index (χ4v) is 3.55. The molecule has 0 saturated carbocycles. The van der Waals surface area contributed by atoms with Gasteiger partial charge in [-0.05, 0) is 25.8 Å². The number of rotatable bonds is 6. The Kier molecular flexibility index (Phi) is 5.39. The van der Waals surface area contributed by atoms with Crippen molar-refractivity contribution in [2.24, 2.45) is 0 Å². The third-order valence-electron chi connectivity index (χ3n) is 3.10. The van der Waals surface area contributed by atoms with Crippen LogP contribution in [0, 0.1) is 0 Å². The third-order valence-corrected chi connectivity index (χ3v) is 4.94. The summed E-state index contributed by atoms with van der Waals surface area (Å²) in [7, 11) is -3.01. The highest BCUT2D eigenvalue weighted by Gasteiger charge is 2.28. The van der Waals surface area contributed by atoms with Gasteiger partial charge < -0.3 is 5.11 Å². The van der Waals surface area contributed by atoms with Gasteiger partial charge in [0.1, 0.15) is 6.04 Å². The van der Waals surface area contributed by atoms with Gasteiger partial charge in [-0.15, -0.1) is 0 Å². The van der Waals surface area contributed by atoms with E-state index in [2.05, 4.69) is 0 Å². The number of nitrogens with zero attached hydrogens (tertiary/aromatic N) is 1. The Hall–Kier alpha value is -0.620. The monoisotopic (exact) mass is 263 g/mol. The van der Waals surface area contributed by atoms with Crippen LogP contribution in [0.5, 0.6) is 0 Å². The first-order valence-corrected chi connectivity index (χ1v) is 7.95. The summed E-state index contributed by atoms with van der Waals surface area (Å²) in [5.74, 6) is -0.569. The number of carbonyl (C=O) groups is 1. The Balaban J connectivity index is 2.51. The predicted molar refractivity (Wildman–Crippen MR) is 65.8 cm³/mol. The number of carboxylic acid groups (broad SMARTS) is 1. The number of likely N-dealkylation sites (tertiary alicyclic amines) is 1. The number of piperidine rings is 1. The smallest absolute Gasteiger partial charge is 0.320 e. The molecule has 0 aromatic rings. The summed E-state index contributed by atoms with van der Waals surface area (Å²) in [6, 6.07) is -0.499. The van der Waals surface area contributed by atoms with E-state index in [0.717, 1.165) is 12.8 Å². The molecule has 1 fully saturated rings. The second-order valence-corrected chi connectivity index (χ2v) is 6.84. The molecule has 1 unspecified atom stereocenters. The van der Waals surface area contributed by atoms with Gasteiger partial charge in [-0.25, -0.2) is 8.42 Å². The average molecular weight is 263 g/mol. The second kappa shape index (κ2) is 6.35. The van der Waals surface area contributed by atoms with Crippen molar-refractivity contribution in [2.75, 3.05) is 24.6 Å². The zero-order valence-electron chi connectivity index (χ0n) is 10.3. The molecule has 0 bridgehead atoms. The lowest BCUT2D eigenvalue weighted by Crippen LogP contribution is -2.46. The van der Waals surface area contributed by atoms with Crippen LogP contribution in [-0.2, 0) is 14.6 Å². The molecular formula is C11H21NO4S. The summed E-state index contributed by atoms with van der Waals surface area (Å²) in [6.07, 6.45) is 3.11. The Morgan fingerprint density at radius 3 is 2.65 bits per heavy atom. The molecule has 0 aromatic carbocycles. The van der Waals surface area contributed by atoms with Gasteiger partial charge in [0, 0.05) is 12.3 Å². The van der Waals surface area contributed by atoms with Crippen LogP contribution in [-0.4, -0.2) is 55.0 Å². The average Bonchev–Trinajstić information content (AvgIpc) is 2.27. The van der Waals surface area contributed by atoms with Crippen molar-refractivity contribution in [3.8, 4) is 0 Å². The van der Waals surface area contributed by atoms with E-state index in [-0.39, 0.29) is 11.5 Å². The maximum Gasteiger partial charge on any atom is 0.320 e. The van der Waals surface area contributed by atoms with Gasteiger partial charge in [-0.2, -0.15) is 0 Å². The molecule has 0 radical (unpaired) electrons. The quantitative estimate of drug-likeness (QED) is 0.765. The van der Waals surface area contributed by atoms with E-state index in [4.69, 9.17) is 5.11 Å². The molecule has 1 saturated heterocycles. The van der Waals surface area contributed by atoms with E-state index < -0.39 is 21.8 Å². The Labute approximate surface area is 103 Å². The fraction of sp³-hybridized carbons (Fsp3) is 0.909. The number of aliphatic carboxylic acids is 1.